The van der Waals surface area contributed by atoms with Crippen LogP contribution in [0.1, 0.15) is 29.9 Å². The maximum atomic E-state index is 13.7. The van der Waals surface area contributed by atoms with Gasteiger partial charge in [-0.2, -0.15) is 5.26 Å². The largest absolute Gasteiger partial charge is 0.416 e. The maximum absolute atomic E-state index is 13.7. The Morgan fingerprint density at radius 2 is 1.70 bits per heavy atom. The Kier molecular flexibility index (Phi) is 8.38. The average molecular weight is 579 g/mol. The van der Waals surface area contributed by atoms with Crippen LogP contribution in [0.25, 0.3) is 0 Å². The number of piperidine rings is 1. The number of anilines is 1. The van der Waals surface area contributed by atoms with Crippen LogP contribution in [0.5, 0.6) is 5.88 Å². The van der Waals surface area contributed by atoms with Gasteiger partial charge in [0, 0.05) is 68.5 Å². The van der Waals surface area contributed by atoms with E-state index in [1.807, 2.05) is 35.2 Å². The highest BCUT2D eigenvalue weighted by Gasteiger charge is 2.42. The van der Waals surface area contributed by atoms with E-state index >= 15 is 0 Å². The Morgan fingerprint density at radius 1 is 0.975 bits per heavy atom. The lowest BCUT2D eigenvalue weighted by molar-refractivity contribution is -0.135. The van der Waals surface area contributed by atoms with Gasteiger partial charge in [-0.15, -0.1) is 0 Å². The predicted octanol–water partition coefficient (Wildman–Crippen LogP) is 5.00. The van der Waals surface area contributed by atoms with Gasteiger partial charge in [0.15, 0.2) is 0 Å². The van der Waals surface area contributed by atoms with Gasteiger partial charge in [-0.25, -0.2) is 14.8 Å². The Morgan fingerprint density at radius 3 is 2.33 bits per heavy atom. The molecule has 2 aromatic heterocycles. The number of carbonyl (C=O) groups excluding carboxylic acids is 2. The zero-order chi connectivity index (χ0) is 28.2. The summed E-state index contributed by atoms with van der Waals surface area (Å²) in [5.74, 6) is 0.827. The van der Waals surface area contributed by atoms with Crippen LogP contribution in [0.4, 0.5) is 10.6 Å². The van der Waals surface area contributed by atoms with Crippen molar-refractivity contribution in [2.45, 2.75) is 24.8 Å². The first kappa shape index (κ1) is 27.7. The van der Waals surface area contributed by atoms with E-state index < -0.39 is 6.09 Å². The molecular formula is C29H28Cl2N6O3. The summed E-state index contributed by atoms with van der Waals surface area (Å²) in [5, 5.41) is 10.1. The van der Waals surface area contributed by atoms with E-state index in [-0.39, 0.29) is 29.7 Å². The van der Waals surface area contributed by atoms with Crippen molar-refractivity contribution in [1.82, 2.24) is 19.8 Å². The Hall–Kier alpha value is -3.87. The summed E-state index contributed by atoms with van der Waals surface area (Å²) in [4.78, 5) is 40.8. The van der Waals surface area contributed by atoms with Gasteiger partial charge >= 0.3 is 6.09 Å². The highest BCUT2D eigenvalue weighted by atomic mass is 35.5. The molecule has 0 radical (unpaired) electrons. The summed E-state index contributed by atoms with van der Waals surface area (Å²) in [6.07, 6.45) is 3.83. The number of carbonyl (C=O) groups is 2. The zero-order valence-electron chi connectivity index (χ0n) is 21.9. The number of aromatic nitrogens is 2. The standard InChI is InChI=1S/C29H28Cl2N6O3/c1-35(29(39)40-27-9-7-23(31)16-34-27)25-18-37(17-24(25)20-3-5-22(30)6-4-20)28(38)21-10-12-36(13-11-21)26-8-2-19(14-32)15-33-26/h2-9,15-16,21,24-25H,10-13,17-18H2,1H3/t24-,25+/m0/s1. The highest BCUT2D eigenvalue weighted by Crippen LogP contribution is 2.34. The number of ether oxygens (including phenoxy) is 1. The number of nitrogens with zero attached hydrogens (tertiary/aromatic N) is 6. The number of amides is 2. The van der Waals surface area contributed by atoms with Gasteiger partial charge in [-0.3, -0.25) is 4.79 Å². The molecule has 2 amide bonds. The number of likely N-dealkylation sites (tertiary alicyclic amines) is 1. The first-order valence-electron chi connectivity index (χ1n) is 13.0. The normalized spacial score (nSPS) is 19.2. The molecule has 0 N–H and O–H groups in total. The molecule has 5 rings (SSSR count). The van der Waals surface area contributed by atoms with Gasteiger partial charge < -0.3 is 19.4 Å². The van der Waals surface area contributed by atoms with E-state index in [0.717, 1.165) is 11.4 Å². The van der Waals surface area contributed by atoms with Gasteiger partial charge in [0.25, 0.3) is 0 Å². The molecule has 206 valence electrons. The van der Waals surface area contributed by atoms with Crippen LogP contribution < -0.4 is 9.64 Å². The zero-order valence-corrected chi connectivity index (χ0v) is 23.4. The third-order valence-corrected chi connectivity index (χ3v) is 8.10. The summed E-state index contributed by atoms with van der Waals surface area (Å²) in [5.41, 5.74) is 1.52. The van der Waals surface area contributed by atoms with E-state index in [9.17, 15) is 9.59 Å². The topological polar surface area (TPSA) is 103 Å². The van der Waals surface area contributed by atoms with Crippen LogP contribution in [0.15, 0.2) is 60.9 Å². The second-order valence-electron chi connectivity index (χ2n) is 10.0. The Balaban J connectivity index is 1.27. The van der Waals surface area contributed by atoms with Gasteiger partial charge in [-0.05, 0) is 48.7 Å². The monoisotopic (exact) mass is 578 g/mol. The van der Waals surface area contributed by atoms with Crippen molar-refractivity contribution in [1.29, 1.82) is 5.26 Å². The van der Waals surface area contributed by atoms with E-state index in [0.29, 0.717) is 54.6 Å². The third-order valence-electron chi connectivity index (χ3n) is 7.62. The van der Waals surface area contributed by atoms with Crippen molar-refractivity contribution in [2.24, 2.45) is 5.92 Å². The molecule has 2 saturated heterocycles. The van der Waals surface area contributed by atoms with Crippen molar-refractivity contribution in [3.8, 4) is 11.9 Å². The molecule has 0 aliphatic carbocycles. The minimum Gasteiger partial charge on any atom is -0.391 e. The van der Waals surface area contributed by atoms with Crippen molar-refractivity contribution < 1.29 is 14.3 Å². The molecule has 4 heterocycles. The summed E-state index contributed by atoms with van der Waals surface area (Å²) >= 11 is 12.0. The second kappa shape index (κ2) is 12.1. The number of likely N-dealkylation sites (N-methyl/N-ethyl adjacent to an activating group) is 1. The quantitative estimate of drug-likeness (QED) is 0.419. The average Bonchev–Trinajstić information content (AvgIpc) is 3.43. The van der Waals surface area contributed by atoms with E-state index in [1.165, 1.54) is 12.3 Å². The number of halogens is 2. The summed E-state index contributed by atoms with van der Waals surface area (Å²) in [6, 6.07) is 16.0. The molecule has 2 aliphatic rings. The van der Waals surface area contributed by atoms with Crippen molar-refractivity contribution >= 4 is 41.0 Å². The maximum Gasteiger partial charge on any atom is 0.416 e. The fourth-order valence-corrected chi connectivity index (χ4v) is 5.61. The molecule has 40 heavy (non-hydrogen) atoms. The number of nitriles is 1. The Labute approximate surface area is 242 Å². The fourth-order valence-electron chi connectivity index (χ4n) is 5.37. The lowest BCUT2D eigenvalue weighted by Gasteiger charge is -2.34. The fraction of sp³-hybridized carbons (Fsp3) is 0.345. The van der Waals surface area contributed by atoms with Crippen LogP contribution in [0.2, 0.25) is 10.0 Å². The van der Waals surface area contributed by atoms with Crippen LogP contribution in [-0.4, -0.2) is 71.0 Å². The number of benzene rings is 1. The van der Waals surface area contributed by atoms with Crippen molar-refractivity contribution in [3.05, 3.63) is 82.1 Å². The first-order chi connectivity index (χ1) is 19.3. The lowest BCUT2D eigenvalue weighted by Crippen LogP contribution is -2.45. The summed E-state index contributed by atoms with van der Waals surface area (Å²) in [6.45, 7) is 2.28. The lowest BCUT2D eigenvalue weighted by atomic mass is 9.93. The molecule has 2 atom stereocenters. The molecule has 2 aliphatic heterocycles. The number of pyridine rings is 2. The van der Waals surface area contributed by atoms with Crippen LogP contribution in [0, 0.1) is 17.2 Å². The Bertz CT molecular complexity index is 1390. The van der Waals surface area contributed by atoms with E-state index in [1.54, 1.807) is 30.3 Å². The molecule has 0 saturated carbocycles. The molecular weight excluding hydrogens is 551 g/mol. The van der Waals surface area contributed by atoms with E-state index in [2.05, 4.69) is 20.9 Å². The minimum atomic E-state index is -0.559. The predicted molar refractivity (Wildman–Crippen MR) is 151 cm³/mol. The number of rotatable bonds is 5. The van der Waals surface area contributed by atoms with Crippen LogP contribution in [-0.2, 0) is 4.79 Å². The smallest absolute Gasteiger partial charge is 0.391 e. The second-order valence-corrected chi connectivity index (χ2v) is 10.9. The minimum absolute atomic E-state index is 0.0926. The molecule has 2 fully saturated rings. The van der Waals surface area contributed by atoms with Crippen molar-refractivity contribution in [2.75, 3.05) is 38.1 Å². The molecule has 9 nitrogen and oxygen atoms in total. The molecule has 0 spiro atoms. The SMILES string of the molecule is CN(C(=O)Oc1ccc(Cl)cn1)[C@@H]1CN(C(=O)C2CCN(c3ccc(C#N)cn3)CC2)C[C@H]1c1ccc(Cl)cc1. The molecule has 11 heteroatoms. The number of hydrogen-bond donors (Lipinski definition) is 0. The van der Waals surface area contributed by atoms with Gasteiger partial charge in [-0.1, -0.05) is 35.3 Å². The van der Waals surface area contributed by atoms with Gasteiger partial charge in [0.05, 0.1) is 16.6 Å². The molecule has 1 aromatic carbocycles. The third kappa shape index (κ3) is 6.14. The summed E-state index contributed by atoms with van der Waals surface area (Å²) in [7, 11) is 1.68. The molecule has 3 aromatic rings. The highest BCUT2D eigenvalue weighted by molar-refractivity contribution is 6.30. The van der Waals surface area contributed by atoms with E-state index in [4.69, 9.17) is 33.2 Å². The van der Waals surface area contributed by atoms with Crippen molar-refractivity contribution in [3.63, 3.8) is 0 Å². The first-order valence-corrected chi connectivity index (χ1v) is 13.8. The van der Waals surface area contributed by atoms with Gasteiger partial charge in [0.2, 0.25) is 11.8 Å². The number of hydrogen-bond acceptors (Lipinski definition) is 7. The van der Waals surface area contributed by atoms with Gasteiger partial charge in [0.1, 0.15) is 11.9 Å². The van der Waals surface area contributed by atoms with Crippen LogP contribution in [0.3, 0.4) is 0 Å². The molecule has 0 unspecified atom stereocenters. The summed E-state index contributed by atoms with van der Waals surface area (Å²) < 4.78 is 5.49. The molecule has 0 bridgehead atoms. The van der Waals surface area contributed by atoms with Crippen LogP contribution >= 0.6 is 23.2 Å².